The topological polar surface area (TPSA) is 61.6 Å². The molecule has 0 aliphatic carbocycles. The van der Waals surface area contributed by atoms with E-state index in [1.807, 2.05) is 19.9 Å². The van der Waals surface area contributed by atoms with E-state index in [4.69, 9.17) is 5.10 Å². The molecule has 0 bridgehead atoms. The molecule has 2 unspecified atom stereocenters. The third-order valence-corrected chi connectivity index (χ3v) is 10.2. The Morgan fingerprint density at radius 3 is 2.51 bits per heavy atom. The van der Waals surface area contributed by atoms with Crippen molar-refractivity contribution < 1.29 is 14.3 Å². The number of likely N-dealkylation sites (tertiary alicyclic amines) is 2. The Morgan fingerprint density at radius 1 is 1.08 bits per heavy atom. The Kier molecular flexibility index (Phi) is 8.77. The van der Waals surface area contributed by atoms with Gasteiger partial charge in [0.15, 0.2) is 0 Å². The predicted octanol–water partition coefficient (Wildman–Crippen LogP) is 5.71. The minimum Gasteiger partial charge on any atom is -0.481 e. The number of fused-ring (bicyclic) bond motifs is 1. The molecule has 1 aromatic heterocycles. The first-order valence-electron chi connectivity index (χ1n) is 15.4. The molecular formula is C32H47FN4O2. The van der Waals surface area contributed by atoms with Crippen molar-refractivity contribution in [3.05, 3.63) is 52.6 Å². The maximum Gasteiger partial charge on any atom is 0.310 e. The first-order chi connectivity index (χ1) is 18.9. The number of aliphatic carboxylic acids is 1. The zero-order valence-electron chi connectivity index (χ0n) is 24.2. The van der Waals surface area contributed by atoms with Crippen LogP contribution in [0.15, 0.2) is 24.3 Å². The molecule has 0 spiro atoms. The van der Waals surface area contributed by atoms with Gasteiger partial charge in [-0.2, -0.15) is 5.10 Å². The van der Waals surface area contributed by atoms with E-state index in [0.717, 1.165) is 51.3 Å². The summed E-state index contributed by atoms with van der Waals surface area (Å²) in [6.07, 6.45) is 8.28. The highest BCUT2D eigenvalue weighted by Crippen LogP contribution is 2.39. The van der Waals surface area contributed by atoms with Crippen LogP contribution in [0.25, 0.3) is 0 Å². The number of aryl methyl sites for hydroxylation is 2. The van der Waals surface area contributed by atoms with Gasteiger partial charge < -0.3 is 14.9 Å². The molecule has 7 heteroatoms. The molecular weight excluding hydrogens is 491 g/mol. The highest BCUT2D eigenvalue weighted by atomic mass is 19.1. The predicted molar refractivity (Wildman–Crippen MR) is 153 cm³/mol. The number of hydrogen-bond acceptors (Lipinski definition) is 4. The van der Waals surface area contributed by atoms with Gasteiger partial charge in [0.05, 0.1) is 11.1 Å². The molecule has 2 aromatic rings. The van der Waals surface area contributed by atoms with E-state index in [1.165, 1.54) is 49.6 Å². The summed E-state index contributed by atoms with van der Waals surface area (Å²) >= 11 is 0. The third-order valence-electron chi connectivity index (χ3n) is 10.2. The number of carboxylic acids is 1. The van der Waals surface area contributed by atoms with Gasteiger partial charge in [0, 0.05) is 44.3 Å². The normalized spacial score (nSPS) is 23.3. The molecule has 0 saturated carbocycles. The van der Waals surface area contributed by atoms with E-state index in [1.54, 1.807) is 11.6 Å². The van der Waals surface area contributed by atoms with Crippen LogP contribution in [0.1, 0.15) is 93.6 Å². The van der Waals surface area contributed by atoms with Crippen LogP contribution >= 0.6 is 0 Å². The van der Waals surface area contributed by atoms with Gasteiger partial charge in [-0.15, -0.1) is 0 Å². The lowest BCUT2D eigenvalue weighted by atomic mass is 9.82. The summed E-state index contributed by atoms with van der Waals surface area (Å²) in [5.41, 5.74) is 4.71. The zero-order valence-corrected chi connectivity index (χ0v) is 24.2. The van der Waals surface area contributed by atoms with E-state index in [2.05, 4.69) is 27.5 Å². The fraction of sp³-hybridized carbons (Fsp3) is 0.688. The molecule has 6 nitrogen and oxygen atoms in total. The van der Waals surface area contributed by atoms with Gasteiger partial charge in [-0.3, -0.25) is 9.48 Å². The summed E-state index contributed by atoms with van der Waals surface area (Å²) in [5, 5.41) is 15.0. The maximum absolute atomic E-state index is 14.2. The van der Waals surface area contributed by atoms with Crippen molar-refractivity contribution >= 4 is 5.97 Å². The molecule has 2 fully saturated rings. The standard InChI is InChI=1S/C32H47FN4O2/c1-4-28-30(29-12-7-8-15-37(29)34-28)23-13-16-35(17-14-23)19-25-20-36(22-32(5-2,6-3)31(38)39)21-27(25)24-10-9-11-26(33)18-24/h9-11,18,23,25,27H,4-8,12-17,19-22H2,1-3H3,(H,38,39). The third kappa shape index (κ3) is 5.81. The van der Waals surface area contributed by atoms with Gasteiger partial charge in [0.1, 0.15) is 5.82 Å². The molecule has 3 aliphatic rings. The molecule has 214 valence electrons. The van der Waals surface area contributed by atoms with E-state index in [-0.39, 0.29) is 11.7 Å². The Labute approximate surface area is 233 Å². The van der Waals surface area contributed by atoms with Crippen molar-refractivity contribution in [3.8, 4) is 0 Å². The van der Waals surface area contributed by atoms with Crippen LogP contribution in [-0.4, -0.2) is 69.9 Å². The molecule has 0 amide bonds. The van der Waals surface area contributed by atoms with Crippen molar-refractivity contribution in [3.63, 3.8) is 0 Å². The second-order valence-electron chi connectivity index (χ2n) is 12.3. The largest absolute Gasteiger partial charge is 0.481 e. The second kappa shape index (κ2) is 12.1. The van der Waals surface area contributed by atoms with Crippen molar-refractivity contribution in [2.75, 3.05) is 39.3 Å². The highest BCUT2D eigenvalue weighted by molar-refractivity contribution is 5.74. The molecule has 39 heavy (non-hydrogen) atoms. The van der Waals surface area contributed by atoms with Crippen LogP contribution in [-0.2, 0) is 24.2 Å². The summed E-state index contributed by atoms with van der Waals surface area (Å²) in [5.74, 6) is 0.284. The van der Waals surface area contributed by atoms with Crippen molar-refractivity contribution in [1.29, 1.82) is 0 Å². The van der Waals surface area contributed by atoms with Crippen LogP contribution in [0.3, 0.4) is 0 Å². The molecule has 2 saturated heterocycles. The first-order valence-corrected chi connectivity index (χ1v) is 15.4. The van der Waals surface area contributed by atoms with Crippen molar-refractivity contribution in [1.82, 2.24) is 19.6 Å². The van der Waals surface area contributed by atoms with Crippen LogP contribution in [0.5, 0.6) is 0 Å². The Hall–Kier alpha value is -2.25. The number of halogens is 1. The monoisotopic (exact) mass is 538 g/mol. The average Bonchev–Trinajstić information content (AvgIpc) is 3.53. The first kappa shape index (κ1) is 28.3. The summed E-state index contributed by atoms with van der Waals surface area (Å²) in [4.78, 5) is 17.2. The van der Waals surface area contributed by atoms with Crippen LogP contribution < -0.4 is 0 Å². The van der Waals surface area contributed by atoms with Gasteiger partial charge >= 0.3 is 5.97 Å². The van der Waals surface area contributed by atoms with Crippen molar-refractivity contribution in [2.45, 2.75) is 90.5 Å². The SMILES string of the molecule is CCc1nn2c(c1C1CCN(CC3CN(CC(CC)(CC)C(=O)O)CC3c3cccc(F)c3)CC1)CCCC2. The molecule has 4 heterocycles. The van der Waals surface area contributed by atoms with E-state index in [9.17, 15) is 14.3 Å². The second-order valence-corrected chi connectivity index (χ2v) is 12.3. The smallest absolute Gasteiger partial charge is 0.310 e. The lowest BCUT2D eigenvalue weighted by Gasteiger charge is -2.35. The number of benzene rings is 1. The van der Waals surface area contributed by atoms with Gasteiger partial charge in [-0.05, 0) is 99.6 Å². The summed E-state index contributed by atoms with van der Waals surface area (Å²) in [6, 6.07) is 7.07. The van der Waals surface area contributed by atoms with Crippen molar-refractivity contribution in [2.24, 2.45) is 11.3 Å². The Balaban J connectivity index is 1.28. The van der Waals surface area contributed by atoms with E-state index in [0.29, 0.717) is 31.2 Å². The van der Waals surface area contributed by atoms with Gasteiger partial charge in [-0.1, -0.05) is 32.9 Å². The van der Waals surface area contributed by atoms with Crippen LogP contribution in [0.2, 0.25) is 0 Å². The molecule has 0 radical (unpaired) electrons. The van der Waals surface area contributed by atoms with E-state index < -0.39 is 11.4 Å². The number of carboxylic acid groups (broad SMARTS) is 1. The van der Waals surface area contributed by atoms with Crippen LogP contribution in [0.4, 0.5) is 4.39 Å². The lowest BCUT2D eigenvalue weighted by molar-refractivity contribution is -0.150. The minimum absolute atomic E-state index is 0.191. The summed E-state index contributed by atoms with van der Waals surface area (Å²) in [7, 11) is 0. The fourth-order valence-electron chi connectivity index (χ4n) is 7.70. The molecule has 3 aliphatic heterocycles. The Bertz CT molecular complexity index is 1140. The molecule has 5 rings (SSSR count). The minimum atomic E-state index is -0.721. The van der Waals surface area contributed by atoms with Gasteiger partial charge in [0.25, 0.3) is 0 Å². The number of piperidine rings is 1. The maximum atomic E-state index is 14.2. The van der Waals surface area contributed by atoms with Crippen LogP contribution in [0, 0.1) is 17.2 Å². The quantitative estimate of drug-likeness (QED) is 0.420. The lowest BCUT2D eigenvalue weighted by Crippen LogP contribution is -2.42. The fourth-order valence-corrected chi connectivity index (χ4v) is 7.70. The van der Waals surface area contributed by atoms with E-state index >= 15 is 0 Å². The van der Waals surface area contributed by atoms with Gasteiger partial charge in [0.2, 0.25) is 0 Å². The number of carbonyl (C=O) groups is 1. The molecule has 1 N–H and O–H groups in total. The number of hydrogen-bond donors (Lipinski definition) is 1. The summed E-state index contributed by atoms with van der Waals surface area (Å²) < 4.78 is 16.5. The average molecular weight is 539 g/mol. The molecule has 2 atom stereocenters. The Morgan fingerprint density at radius 2 is 1.85 bits per heavy atom. The number of nitrogens with zero attached hydrogens (tertiary/aromatic N) is 4. The number of aromatic nitrogens is 2. The zero-order chi connectivity index (χ0) is 27.6. The van der Waals surface area contributed by atoms with Gasteiger partial charge in [-0.25, -0.2) is 4.39 Å². The summed E-state index contributed by atoms with van der Waals surface area (Å²) in [6.45, 7) is 12.6. The number of rotatable bonds is 10. The molecule has 1 aromatic carbocycles. The highest BCUT2D eigenvalue weighted by Gasteiger charge is 2.42.